The van der Waals surface area contributed by atoms with Crippen molar-refractivity contribution in [2.45, 2.75) is 264 Å². The summed E-state index contributed by atoms with van der Waals surface area (Å²) in [4.78, 5) is 24.4. The van der Waals surface area contributed by atoms with Crippen LogP contribution in [-0.2, 0) is 19.1 Å². The predicted molar refractivity (Wildman–Crippen MR) is 251 cm³/mol. The number of hydrogen-bond donors (Lipinski definition) is 1. The van der Waals surface area contributed by atoms with Crippen LogP contribution in [0.25, 0.3) is 0 Å². The Morgan fingerprint density at radius 3 is 1.07 bits per heavy atom. The van der Waals surface area contributed by atoms with E-state index < -0.39 is 6.10 Å². The van der Waals surface area contributed by atoms with Crippen LogP contribution in [0, 0.1) is 0 Å². The minimum atomic E-state index is -0.774. The summed E-state index contributed by atoms with van der Waals surface area (Å²) >= 11 is 0. The molecule has 0 heterocycles. The highest BCUT2D eigenvalue weighted by atomic mass is 16.6. The van der Waals surface area contributed by atoms with E-state index in [1.807, 2.05) is 0 Å². The van der Waals surface area contributed by atoms with Gasteiger partial charge in [-0.2, -0.15) is 0 Å². The van der Waals surface area contributed by atoms with E-state index in [2.05, 4.69) is 62.5 Å². The lowest BCUT2D eigenvalue weighted by molar-refractivity contribution is -0.161. The number of ether oxygens (including phenoxy) is 2. The van der Waals surface area contributed by atoms with Gasteiger partial charge in [0.2, 0.25) is 0 Å². The van der Waals surface area contributed by atoms with Crippen molar-refractivity contribution in [1.82, 2.24) is 0 Å². The molecule has 0 saturated heterocycles. The molecule has 0 fully saturated rings. The molecule has 0 aromatic carbocycles. The summed E-state index contributed by atoms with van der Waals surface area (Å²) in [6.07, 6.45) is 63.5. The fraction of sp³-hybridized carbons (Fsp3) is 0.811. The summed E-state index contributed by atoms with van der Waals surface area (Å²) in [7, 11) is 0. The van der Waals surface area contributed by atoms with Crippen molar-refractivity contribution in [2.24, 2.45) is 0 Å². The molecule has 0 aromatic heterocycles. The van der Waals surface area contributed by atoms with E-state index in [-0.39, 0.29) is 25.2 Å². The van der Waals surface area contributed by atoms with Gasteiger partial charge in [-0.1, -0.05) is 217 Å². The number of unbranched alkanes of at least 4 members (excludes halogenated alkanes) is 30. The molecule has 0 rings (SSSR count). The largest absolute Gasteiger partial charge is 0.462 e. The van der Waals surface area contributed by atoms with Crippen LogP contribution in [0.15, 0.2) is 48.6 Å². The van der Waals surface area contributed by atoms with Gasteiger partial charge < -0.3 is 14.6 Å². The number of esters is 2. The molecule has 0 saturated carbocycles. The lowest BCUT2D eigenvalue weighted by Gasteiger charge is -2.15. The summed E-state index contributed by atoms with van der Waals surface area (Å²) < 4.78 is 10.6. The molecule has 1 atom stereocenters. The van der Waals surface area contributed by atoms with E-state index in [0.717, 1.165) is 57.8 Å². The zero-order valence-corrected chi connectivity index (χ0v) is 38.6. The van der Waals surface area contributed by atoms with Crippen molar-refractivity contribution in [1.29, 1.82) is 0 Å². The van der Waals surface area contributed by atoms with Crippen LogP contribution >= 0.6 is 0 Å². The zero-order valence-electron chi connectivity index (χ0n) is 38.6. The van der Waals surface area contributed by atoms with E-state index >= 15 is 0 Å². The molecule has 0 aliphatic rings. The molecular formula is C53H96O5. The topological polar surface area (TPSA) is 72.8 Å². The molecular weight excluding hydrogens is 717 g/mol. The molecule has 5 heteroatoms. The highest BCUT2D eigenvalue weighted by Gasteiger charge is 2.16. The van der Waals surface area contributed by atoms with Crippen molar-refractivity contribution in [3.63, 3.8) is 0 Å². The van der Waals surface area contributed by atoms with Crippen molar-refractivity contribution < 1.29 is 24.2 Å². The molecule has 1 unspecified atom stereocenters. The molecule has 0 spiro atoms. The van der Waals surface area contributed by atoms with Gasteiger partial charge in [-0.25, -0.2) is 0 Å². The Hall–Kier alpha value is -2.14. The Labute approximate surface area is 360 Å². The third kappa shape index (κ3) is 46.5. The fourth-order valence-corrected chi connectivity index (χ4v) is 7.26. The molecule has 0 aromatic rings. The second kappa shape index (κ2) is 49.2. The van der Waals surface area contributed by atoms with Gasteiger partial charge in [0.05, 0.1) is 6.61 Å². The Morgan fingerprint density at radius 1 is 0.397 bits per heavy atom. The monoisotopic (exact) mass is 813 g/mol. The van der Waals surface area contributed by atoms with E-state index in [4.69, 9.17) is 9.47 Å². The zero-order chi connectivity index (χ0) is 42.1. The first-order valence-electron chi connectivity index (χ1n) is 25.2. The van der Waals surface area contributed by atoms with Crippen molar-refractivity contribution in [2.75, 3.05) is 13.2 Å². The van der Waals surface area contributed by atoms with Crippen LogP contribution < -0.4 is 0 Å². The third-order valence-corrected chi connectivity index (χ3v) is 11.1. The molecule has 1 N–H and O–H groups in total. The molecule has 0 bridgehead atoms. The van der Waals surface area contributed by atoms with Gasteiger partial charge in [-0.3, -0.25) is 9.59 Å². The Kier molecular flexibility index (Phi) is 47.4. The van der Waals surface area contributed by atoms with Gasteiger partial charge >= 0.3 is 11.9 Å². The van der Waals surface area contributed by atoms with E-state index in [1.54, 1.807) is 0 Å². The van der Waals surface area contributed by atoms with Gasteiger partial charge in [0.15, 0.2) is 6.10 Å². The number of carbonyl (C=O) groups is 2. The second-order valence-corrected chi connectivity index (χ2v) is 16.9. The summed E-state index contributed by atoms with van der Waals surface area (Å²) in [5, 5.41) is 9.60. The van der Waals surface area contributed by atoms with E-state index in [9.17, 15) is 14.7 Å². The lowest BCUT2D eigenvalue weighted by atomic mass is 10.0. The molecule has 0 amide bonds. The fourth-order valence-electron chi connectivity index (χ4n) is 7.26. The first kappa shape index (κ1) is 55.9. The molecule has 0 aliphatic carbocycles. The van der Waals surface area contributed by atoms with Crippen LogP contribution in [0.4, 0.5) is 0 Å². The maximum absolute atomic E-state index is 12.2. The highest BCUT2D eigenvalue weighted by molar-refractivity contribution is 5.70. The Balaban J connectivity index is 3.46. The number of aliphatic hydroxyl groups excluding tert-OH is 1. The number of hydrogen-bond acceptors (Lipinski definition) is 5. The average molecular weight is 813 g/mol. The lowest BCUT2D eigenvalue weighted by Crippen LogP contribution is -2.28. The van der Waals surface area contributed by atoms with Crippen molar-refractivity contribution in [3.8, 4) is 0 Å². The molecule has 58 heavy (non-hydrogen) atoms. The van der Waals surface area contributed by atoms with Crippen LogP contribution in [0.1, 0.15) is 258 Å². The number of carbonyl (C=O) groups excluding carboxylic acids is 2. The van der Waals surface area contributed by atoms with Crippen molar-refractivity contribution >= 4 is 11.9 Å². The summed E-state index contributed by atoms with van der Waals surface area (Å²) in [6, 6.07) is 0. The first-order chi connectivity index (χ1) is 28.6. The number of allylic oxidation sites excluding steroid dienone is 8. The molecule has 5 nitrogen and oxygen atoms in total. The minimum Gasteiger partial charge on any atom is -0.462 e. The van der Waals surface area contributed by atoms with Crippen LogP contribution in [0.5, 0.6) is 0 Å². The molecule has 0 radical (unpaired) electrons. The average Bonchev–Trinajstić information content (AvgIpc) is 3.23. The van der Waals surface area contributed by atoms with Crippen LogP contribution in [0.2, 0.25) is 0 Å². The number of aliphatic hydroxyl groups is 1. The van der Waals surface area contributed by atoms with Gasteiger partial charge in [0.1, 0.15) is 6.61 Å². The first-order valence-corrected chi connectivity index (χ1v) is 25.2. The highest BCUT2D eigenvalue weighted by Crippen LogP contribution is 2.15. The van der Waals surface area contributed by atoms with Crippen LogP contribution in [-0.4, -0.2) is 36.4 Å². The molecule has 338 valence electrons. The van der Waals surface area contributed by atoms with E-state index in [1.165, 1.54) is 173 Å². The van der Waals surface area contributed by atoms with Gasteiger partial charge in [-0.05, 0) is 77.0 Å². The Morgan fingerprint density at radius 2 is 0.690 bits per heavy atom. The van der Waals surface area contributed by atoms with Gasteiger partial charge in [0, 0.05) is 12.8 Å². The predicted octanol–water partition coefficient (Wildman–Crippen LogP) is 16.5. The van der Waals surface area contributed by atoms with Gasteiger partial charge in [-0.15, -0.1) is 0 Å². The SMILES string of the molecule is CCCCCC/C=C\CCCCCCCC(=O)OCC(CO)OC(=O)CCCCCCCCCCCCCCCCCC/C=C\C/C=C\C/C=C\CCCCCCC. The summed E-state index contributed by atoms with van der Waals surface area (Å²) in [5.74, 6) is -0.594. The van der Waals surface area contributed by atoms with E-state index in [0.29, 0.717) is 12.8 Å². The second-order valence-electron chi connectivity index (χ2n) is 16.9. The normalized spacial score (nSPS) is 12.5. The minimum absolute atomic E-state index is 0.0684. The standard InChI is InChI=1S/C53H96O5/c1-3-5-7-9-11-13-15-17-18-19-20-21-22-23-24-25-26-27-28-29-30-31-32-33-34-36-38-40-42-44-46-48-53(56)58-51(49-54)50-57-52(55)47-45-43-41-39-37-35-16-14-12-10-8-6-4-2/h14-17,19-20,22-23,51,54H,3-13,18,21,24-50H2,1-2H3/b16-14-,17-15-,20-19-,23-22-. The summed E-state index contributed by atoms with van der Waals surface area (Å²) in [5.41, 5.74) is 0. The Bertz CT molecular complexity index is 966. The maximum atomic E-state index is 12.2. The van der Waals surface area contributed by atoms with Crippen molar-refractivity contribution in [3.05, 3.63) is 48.6 Å². The summed E-state index contributed by atoms with van der Waals surface area (Å²) in [6.45, 7) is 4.12. The quantitative estimate of drug-likeness (QED) is 0.0376. The third-order valence-electron chi connectivity index (χ3n) is 11.1. The smallest absolute Gasteiger partial charge is 0.306 e. The van der Waals surface area contributed by atoms with Crippen LogP contribution in [0.3, 0.4) is 0 Å². The van der Waals surface area contributed by atoms with Gasteiger partial charge in [0.25, 0.3) is 0 Å². The maximum Gasteiger partial charge on any atom is 0.306 e. The molecule has 0 aliphatic heterocycles. The number of rotatable bonds is 46.